The minimum absolute atomic E-state index is 0.241. The zero-order chi connectivity index (χ0) is 15.7. The van der Waals surface area contributed by atoms with Gasteiger partial charge in [0.25, 0.3) is 0 Å². The molecule has 0 fully saturated rings. The number of nitrogens with one attached hydrogen (secondary N) is 1. The highest BCUT2D eigenvalue weighted by molar-refractivity contribution is 9.11. The summed E-state index contributed by atoms with van der Waals surface area (Å²) in [6.07, 6.45) is 0. The third-order valence-electron chi connectivity index (χ3n) is 3.12. The van der Waals surface area contributed by atoms with Crippen molar-refractivity contribution in [2.45, 2.75) is 0 Å². The minimum Gasteiger partial charge on any atom is -0.456 e. The number of benzene rings is 2. The van der Waals surface area contributed by atoms with Crippen molar-refractivity contribution in [2.24, 2.45) is 0 Å². The Bertz CT molecular complexity index is 766. The molecule has 0 unspecified atom stereocenters. The maximum atomic E-state index is 12.1. The molecule has 22 heavy (non-hydrogen) atoms. The number of hydrogen-bond acceptors (Lipinski definition) is 3. The summed E-state index contributed by atoms with van der Waals surface area (Å²) in [4.78, 5) is 12.1. The molecule has 1 aliphatic heterocycles. The van der Waals surface area contributed by atoms with Crippen molar-refractivity contribution in [3.63, 3.8) is 0 Å². The summed E-state index contributed by atoms with van der Waals surface area (Å²) in [6, 6.07) is 13.4. The Morgan fingerprint density at radius 3 is 2.36 bits per heavy atom. The zero-order valence-electron chi connectivity index (χ0n) is 11.2. The van der Waals surface area contributed by atoms with Crippen LogP contribution in [0.25, 0.3) is 5.57 Å². The Kier molecular flexibility index (Phi) is 4.70. The normalized spacial score (nSPS) is 14.2. The molecular weight excluding hydrogens is 478 g/mol. The third-order valence-corrected chi connectivity index (χ3v) is 4.53. The maximum Gasteiger partial charge on any atom is 0.341 e. The van der Waals surface area contributed by atoms with Crippen molar-refractivity contribution in [2.75, 3.05) is 11.9 Å². The standard InChI is InChI=1S/C16H10Br3NO2/c17-10-3-1-2-9(4-10)15-14(8-22-16(15)21)20-13-6-11(18)5-12(19)7-13/h1-7,20H,8H2. The molecule has 0 aliphatic carbocycles. The van der Waals surface area contributed by atoms with E-state index < -0.39 is 0 Å². The maximum absolute atomic E-state index is 12.1. The molecule has 3 rings (SSSR count). The highest BCUT2D eigenvalue weighted by Gasteiger charge is 2.26. The summed E-state index contributed by atoms with van der Waals surface area (Å²) >= 11 is 10.3. The van der Waals surface area contributed by atoms with Crippen molar-refractivity contribution in [3.05, 3.63) is 67.1 Å². The van der Waals surface area contributed by atoms with Crippen LogP contribution in [0.15, 0.2) is 61.6 Å². The molecule has 0 radical (unpaired) electrons. The molecule has 0 saturated heterocycles. The van der Waals surface area contributed by atoms with Gasteiger partial charge in [-0.05, 0) is 35.9 Å². The molecule has 0 spiro atoms. The van der Waals surface area contributed by atoms with Gasteiger partial charge in [-0.1, -0.05) is 59.9 Å². The first-order valence-electron chi connectivity index (χ1n) is 6.42. The van der Waals surface area contributed by atoms with Crippen LogP contribution in [0.4, 0.5) is 5.69 Å². The molecule has 0 saturated carbocycles. The summed E-state index contributed by atoms with van der Waals surface area (Å²) in [5.41, 5.74) is 3.03. The van der Waals surface area contributed by atoms with E-state index in [4.69, 9.17) is 4.74 Å². The van der Waals surface area contributed by atoms with E-state index in [0.29, 0.717) is 5.57 Å². The molecule has 2 aromatic rings. The molecule has 112 valence electrons. The molecule has 1 aliphatic rings. The Labute approximate surface area is 153 Å². The topological polar surface area (TPSA) is 38.3 Å². The van der Waals surface area contributed by atoms with Gasteiger partial charge in [0.05, 0.1) is 11.3 Å². The van der Waals surface area contributed by atoms with Crippen LogP contribution < -0.4 is 5.32 Å². The van der Waals surface area contributed by atoms with Gasteiger partial charge in [0.15, 0.2) is 0 Å². The van der Waals surface area contributed by atoms with E-state index >= 15 is 0 Å². The van der Waals surface area contributed by atoms with Gasteiger partial charge in [0.1, 0.15) is 6.61 Å². The van der Waals surface area contributed by atoms with E-state index in [2.05, 4.69) is 53.1 Å². The fourth-order valence-electron chi connectivity index (χ4n) is 2.24. The van der Waals surface area contributed by atoms with Crippen molar-refractivity contribution in [1.82, 2.24) is 0 Å². The summed E-state index contributed by atoms with van der Waals surface area (Å²) in [5, 5.41) is 3.28. The minimum atomic E-state index is -0.310. The average molecular weight is 488 g/mol. The first kappa shape index (κ1) is 15.8. The summed E-state index contributed by atoms with van der Waals surface area (Å²) in [5.74, 6) is -0.310. The SMILES string of the molecule is O=C1OCC(Nc2cc(Br)cc(Br)c2)=C1c1cccc(Br)c1. The molecule has 1 N–H and O–H groups in total. The van der Waals surface area contributed by atoms with Crippen LogP contribution >= 0.6 is 47.8 Å². The lowest BCUT2D eigenvalue weighted by Gasteiger charge is -2.09. The lowest BCUT2D eigenvalue weighted by atomic mass is 10.1. The van der Waals surface area contributed by atoms with E-state index in [-0.39, 0.29) is 12.6 Å². The van der Waals surface area contributed by atoms with Crippen molar-refractivity contribution in [1.29, 1.82) is 0 Å². The van der Waals surface area contributed by atoms with E-state index in [1.165, 1.54) is 0 Å². The summed E-state index contributed by atoms with van der Waals surface area (Å²) < 4.78 is 8.00. The zero-order valence-corrected chi connectivity index (χ0v) is 16.0. The number of hydrogen-bond donors (Lipinski definition) is 1. The molecule has 0 amide bonds. The van der Waals surface area contributed by atoms with Gasteiger partial charge in [-0.25, -0.2) is 4.79 Å². The number of halogens is 3. The van der Waals surface area contributed by atoms with E-state index in [0.717, 1.165) is 30.4 Å². The van der Waals surface area contributed by atoms with Crippen LogP contribution in [-0.2, 0) is 9.53 Å². The van der Waals surface area contributed by atoms with Gasteiger partial charge in [-0.3, -0.25) is 0 Å². The lowest BCUT2D eigenvalue weighted by Crippen LogP contribution is -2.03. The van der Waals surface area contributed by atoms with Crippen LogP contribution in [0.3, 0.4) is 0 Å². The number of carbonyl (C=O) groups excluding carboxylic acids is 1. The molecule has 2 aromatic carbocycles. The Morgan fingerprint density at radius 1 is 0.955 bits per heavy atom. The second kappa shape index (κ2) is 6.56. The number of carbonyl (C=O) groups is 1. The predicted octanol–water partition coefficient (Wildman–Crippen LogP) is 5.35. The van der Waals surface area contributed by atoms with Crippen LogP contribution in [-0.4, -0.2) is 12.6 Å². The van der Waals surface area contributed by atoms with Crippen molar-refractivity contribution < 1.29 is 9.53 Å². The molecule has 6 heteroatoms. The number of anilines is 1. The van der Waals surface area contributed by atoms with Gasteiger partial charge >= 0.3 is 5.97 Å². The van der Waals surface area contributed by atoms with Gasteiger partial charge in [-0.2, -0.15) is 0 Å². The highest BCUT2D eigenvalue weighted by atomic mass is 79.9. The van der Waals surface area contributed by atoms with Crippen molar-refractivity contribution in [3.8, 4) is 0 Å². The Balaban J connectivity index is 2.01. The first-order valence-corrected chi connectivity index (χ1v) is 8.80. The van der Waals surface area contributed by atoms with Gasteiger partial charge < -0.3 is 10.1 Å². The highest BCUT2D eigenvalue weighted by Crippen LogP contribution is 2.30. The van der Waals surface area contributed by atoms with Crippen LogP contribution in [0.1, 0.15) is 5.56 Å². The second-order valence-corrected chi connectivity index (χ2v) is 7.47. The first-order chi connectivity index (χ1) is 10.5. The fraction of sp³-hybridized carbons (Fsp3) is 0.0625. The largest absolute Gasteiger partial charge is 0.456 e. The average Bonchev–Trinajstić information content (AvgIpc) is 2.78. The monoisotopic (exact) mass is 485 g/mol. The van der Waals surface area contributed by atoms with E-state index in [1.54, 1.807) is 0 Å². The quantitative estimate of drug-likeness (QED) is 0.593. The van der Waals surface area contributed by atoms with Gasteiger partial charge in [0, 0.05) is 19.1 Å². The van der Waals surface area contributed by atoms with Gasteiger partial charge in [0.2, 0.25) is 0 Å². The summed E-state index contributed by atoms with van der Waals surface area (Å²) in [6.45, 7) is 0.241. The number of rotatable bonds is 3. The van der Waals surface area contributed by atoms with Crippen LogP contribution in [0, 0.1) is 0 Å². The Hall–Kier alpha value is -1.11. The number of ether oxygens (including phenoxy) is 1. The van der Waals surface area contributed by atoms with Crippen molar-refractivity contribution >= 4 is 65.0 Å². The molecule has 0 atom stereocenters. The molecule has 0 bridgehead atoms. The molecular formula is C16H10Br3NO2. The lowest BCUT2D eigenvalue weighted by molar-refractivity contribution is -0.134. The Morgan fingerprint density at radius 2 is 1.68 bits per heavy atom. The fourth-order valence-corrected chi connectivity index (χ4v) is 3.93. The van der Waals surface area contributed by atoms with E-state index in [1.807, 2.05) is 42.5 Å². The number of esters is 1. The molecule has 1 heterocycles. The van der Waals surface area contributed by atoms with Crippen LogP contribution in [0.5, 0.6) is 0 Å². The second-order valence-electron chi connectivity index (χ2n) is 4.72. The molecule has 0 aromatic heterocycles. The smallest absolute Gasteiger partial charge is 0.341 e. The van der Waals surface area contributed by atoms with Crippen LogP contribution in [0.2, 0.25) is 0 Å². The molecule has 3 nitrogen and oxygen atoms in total. The predicted molar refractivity (Wildman–Crippen MR) is 97.5 cm³/mol. The number of cyclic esters (lactones) is 1. The third kappa shape index (κ3) is 3.45. The van der Waals surface area contributed by atoms with E-state index in [9.17, 15) is 4.79 Å². The summed E-state index contributed by atoms with van der Waals surface area (Å²) in [7, 11) is 0. The van der Waals surface area contributed by atoms with Gasteiger partial charge in [-0.15, -0.1) is 0 Å².